The van der Waals surface area contributed by atoms with Crippen LogP contribution >= 0.6 is 27.7 Å². The van der Waals surface area contributed by atoms with Gasteiger partial charge in [0, 0.05) is 33.3 Å². The van der Waals surface area contributed by atoms with Crippen molar-refractivity contribution < 1.29 is 5.11 Å². The Morgan fingerprint density at radius 3 is 2.90 bits per heavy atom. The lowest BCUT2D eigenvalue weighted by Gasteiger charge is -2.04. The lowest BCUT2D eigenvalue weighted by molar-refractivity contribution is 0.474. The van der Waals surface area contributed by atoms with E-state index in [1.54, 1.807) is 30.1 Å². The molecule has 5 heteroatoms. The topological polar surface area (TPSA) is 56.4 Å². The largest absolute Gasteiger partial charge is 0.507 e. The van der Waals surface area contributed by atoms with Crippen LogP contribution in [0.5, 0.6) is 5.75 Å². The maximum Gasteiger partial charge on any atom is 0.124 e. The number of phenolic OH excluding ortho intramolecular Hbond substituents is 1. The molecule has 0 aromatic heterocycles. The van der Waals surface area contributed by atoms with Gasteiger partial charge in [-0.05, 0) is 30.3 Å². The highest BCUT2D eigenvalue weighted by Crippen LogP contribution is 2.30. The van der Waals surface area contributed by atoms with Crippen molar-refractivity contribution in [3.05, 3.63) is 52.5 Å². The third kappa shape index (κ3) is 4.62. The van der Waals surface area contributed by atoms with Crippen LogP contribution in [0.1, 0.15) is 12.0 Å². The van der Waals surface area contributed by atoms with Crippen LogP contribution in [-0.4, -0.2) is 17.1 Å². The number of aromatic hydroxyl groups is 1. The van der Waals surface area contributed by atoms with Gasteiger partial charge in [0.05, 0.1) is 11.8 Å². The number of benzene rings is 2. The van der Waals surface area contributed by atoms with E-state index in [2.05, 4.69) is 27.0 Å². The molecule has 0 bridgehead atoms. The Labute approximate surface area is 136 Å². The molecule has 0 spiro atoms. The van der Waals surface area contributed by atoms with Crippen molar-refractivity contribution >= 4 is 39.6 Å². The second kappa shape index (κ2) is 7.87. The van der Waals surface area contributed by atoms with Crippen molar-refractivity contribution in [1.29, 1.82) is 5.26 Å². The zero-order chi connectivity index (χ0) is 15.1. The van der Waals surface area contributed by atoms with Crippen molar-refractivity contribution in [1.82, 2.24) is 0 Å². The molecular formula is C16H13BrN2OS. The third-order valence-electron chi connectivity index (χ3n) is 2.67. The van der Waals surface area contributed by atoms with Gasteiger partial charge in [0.1, 0.15) is 5.75 Å². The molecular weight excluding hydrogens is 348 g/mol. The van der Waals surface area contributed by atoms with Gasteiger partial charge in [0.15, 0.2) is 0 Å². The number of hydrogen-bond acceptors (Lipinski definition) is 4. The van der Waals surface area contributed by atoms with E-state index in [4.69, 9.17) is 5.26 Å². The molecule has 0 aliphatic rings. The SMILES string of the molecule is N#CCCSc1ccccc1N=Cc1cc(Br)ccc1O. The van der Waals surface area contributed by atoms with Crippen LogP contribution in [0.4, 0.5) is 5.69 Å². The molecule has 0 unspecified atom stereocenters. The number of para-hydroxylation sites is 1. The number of aliphatic imine (C=N–C) groups is 1. The molecule has 0 aliphatic heterocycles. The average Bonchev–Trinajstić information content (AvgIpc) is 2.49. The molecule has 1 N–H and O–H groups in total. The van der Waals surface area contributed by atoms with E-state index in [1.807, 2.05) is 30.3 Å². The van der Waals surface area contributed by atoms with Gasteiger partial charge in [-0.2, -0.15) is 5.26 Å². The number of halogens is 1. The molecule has 0 fully saturated rings. The fourth-order valence-corrected chi connectivity index (χ4v) is 2.90. The molecule has 0 radical (unpaired) electrons. The van der Waals surface area contributed by atoms with Crippen molar-refractivity contribution in [2.24, 2.45) is 4.99 Å². The Kier molecular flexibility index (Phi) is 5.85. The quantitative estimate of drug-likeness (QED) is 0.468. The van der Waals surface area contributed by atoms with Crippen molar-refractivity contribution in [3.8, 4) is 11.8 Å². The first-order valence-electron chi connectivity index (χ1n) is 6.32. The first-order chi connectivity index (χ1) is 10.2. The predicted octanol–water partition coefficient (Wildman–Crippen LogP) is 4.91. The molecule has 106 valence electrons. The fraction of sp³-hybridized carbons (Fsp3) is 0.125. The van der Waals surface area contributed by atoms with E-state index in [-0.39, 0.29) is 5.75 Å². The molecule has 21 heavy (non-hydrogen) atoms. The van der Waals surface area contributed by atoms with E-state index < -0.39 is 0 Å². The van der Waals surface area contributed by atoms with E-state index in [0.717, 1.165) is 20.8 Å². The summed E-state index contributed by atoms with van der Waals surface area (Å²) in [7, 11) is 0. The highest BCUT2D eigenvalue weighted by atomic mass is 79.9. The summed E-state index contributed by atoms with van der Waals surface area (Å²) in [6.45, 7) is 0. The van der Waals surface area contributed by atoms with Crippen LogP contribution < -0.4 is 0 Å². The monoisotopic (exact) mass is 360 g/mol. The lowest BCUT2D eigenvalue weighted by Crippen LogP contribution is -1.83. The van der Waals surface area contributed by atoms with Crippen molar-refractivity contribution in [3.63, 3.8) is 0 Å². The predicted molar refractivity (Wildman–Crippen MR) is 90.5 cm³/mol. The molecule has 0 saturated heterocycles. The Balaban J connectivity index is 2.21. The summed E-state index contributed by atoms with van der Waals surface area (Å²) in [6, 6.07) is 15.1. The summed E-state index contributed by atoms with van der Waals surface area (Å²) >= 11 is 4.98. The first kappa shape index (κ1) is 15.6. The van der Waals surface area contributed by atoms with Crippen LogP contribution in [-0.2, 0) is 0 Å². The summed E-state index contributed by atoms with van der Waals surface area (Å²) in [5, 5.41) is 18.4. The average molecular weight is 361 g/mol. The normalized spacial score (nSPS) is 10.7. The van der Waals surface area contributed by atoms with Crippen LogP contribution in [0.2, 0.25) is 0 Å². The molecule has 0 aliphatic carbocycles. The van der Waals surface area contributed by atoms with Crippen LogP contribution in [0.15, 0.2) is 56.8 Å². The zero-order valence-corrected chi connectivity index (χ0v) is 13.6. The number of rotatable bonds is 5. The molecule has 0 amide bonds. The standard InChI is InChI=1S/C16H13BrN2OS/c17-13-6-7-15(20)12(10-13)11-19-14-4-1-2-5-16(14)21-9-3-8-18/h1-2,4-7,10-11,20H,3,9H2. The number of phenols is 1. The summed E-state index contributed by atoms with van der Waals surface area (Å²) in [4.78, 5) is 5.47. The van der Waals surface area contributed by atoms with Gasteiger partial charge in [-0.25, -0.2) is 0 Å². The zero-order valence-electron chi connectivity index (χ0n) is 11.2. The van der Waals surface area contributed by atoms with E-state index in [1.165, 1.54) is 0 Å². The summed E-state index contributed by atoms with van der Waals surface area (Å²) in [5.41, 5.74) is 1.49. The molecule has 0 atom stereocenters. The number of nitrogens with zero attached hydrogens (tertiary/aromatic N) is 2. The summed E-state index contributed by atoms with van der Waals surface area (Å²) < 4.78 is 0.887. The Hall–Kier alpha value is -1.77. The smallest absolute Gasteiger partial charge is 0.124 e. The molecule has 2 rings (SSSR count). The number of nitriles is 1. The molecule has 0 heterocycles. The Morgan fingerprint density at radius 1 is 1.29 bits per heavy atom. The summed E-state index contributed by atoms with van der Waals surface area (Å²) in [6.07, 6.45) is 2.15. The minimum absolute atomic E-state index is 0.191. The second-order valence-corrected chi connectivity index (χ2v) is 6.24. The van der Waals surface area contributed by atoms with Gasteiger partial charge in [-0.15, -0.1) is 11.8 Å². The minimum Gasteiger partial charge on any atom is -0.507 e. The van der Waals surface area contributed by atoms with Gasteiger partial charge in [-0.1, -0.05) is 28.1 Å². The third-order valence-corrected chi connectivity index (χ3v) is 4.23. The minimum atomic E-state index is 0.191. The highest BCUT2D eigenvalue weighted by molar-refractivity contribution is 9.10. The van der Waals surface area contributed by atoms with E-state index >= 15 is 0 Å². The number of hydrogen-bond donors (Lipinski definition) is 1. The first-order valence-corrected chi connectivity index (χ1v) is 8.10. The van der Waals surface area contributed by atoms with Gasteiger partial charge in [0.2, 0.25) is 0 Å². The van der Waals surface area contributed by atoms with E-state index in [0.29, 0.717) is 12.0 Å². The highest BCUT2D eigenvalue weighted by Gasteiger charge is 2.02. The maximum absolute atomic E-state index is 9.80. The maximum atomic E-state index is 9.80. The van der Waals surface area contributed by atoms with Gasteiger partial charge < -0.3 is 5.11 Å². The molecule has 2 aromatic carbocycles. The van der Waals surface area contributed by atoms with Crippen LogP contribution in [0.3, 0.4) is 0 Å². The summed E-state index contributed by atoms with van der Waals surface area (Å²) in [5.74, 6) is 0.933. The molecule has 3 nitrogen and oxygen atoms in total. The lowest BCUT2D eigenvalue weighted by atomic mass is 10.2. The fourth-order valence-electron chi connectivity index (χ4n) is 1.66. The van der Waals surface area contributed by atoms with E-state index in [9.17, 15) is 5.11 Å². The van der Waals surface area contributed by atoms with Gasteiger partial charge >= 0.3 is 0 Å². The molecule has 0 saturated carbocycles. The van der Waals surface area contributed by atoms with Crippen molar-refractivity contribution in [2.75, 3.05) is 5.75 Å². The van der Waals surface area contributed by atoms with Crippen molar-refractivity contribution in [2.45, 2.75) is 11.3 Å². The second-order valence-electron chi connectivity index (χ2n) is 4.19. The van der Waals surface area contributed by atoms with Gasteiger partial charge in [-0.3, -0.25) is 4.99 Å². The Bertz CT molecular complexity index is 695. The van der Waals surface area contributed by atoms with Crippen LogP contribution in [0.25, 0.3) is 0 Å². The van der Waals surface area contributed by atoms with Crippen LogP contribution in [0, 0.1) is 11.3 Å². The van der Waals surface area contributed by atoms with Gasteiger partial charge in [0.25, 0.3) is 0 Å². The number of thioether (sulfide) groups is 1. The molecule has 2 aromatic rings. The Morgan fingerprint density at radius 2 is 2.10 bits per heavy atom.